The minimum absolute atomic E-state index is 0.397. The van der Waals surface area contributed by atoms with E-state index in [0.717, 1.165) is 38.2 Å². The topological polar surface area (TPSA) is 41.5 Å². The molecule has 0 fully saturated rings. The van der Waals surface area contributed by atoms with Crippen molar-refractivity contribution in [3.63, 3.8) is 0 Å². The Labute approximate surface area is 122 Å². The van der Waals surface area contributed by atoms with Gasteiger partial charge in [-0.2, -0.15) is 0 Å². The lowest BCUT2D eigenvalue weighted by Gasteiger charge is -2.32. The fraction of sp³-hybridized carbons (Fsp3) is 0.647. The summed E-state index contributed by atoms with van der Waals surface area (Å²) in [5, 5.41) is 14.0. The maximum atomic E-state index is 10.6. The molecule has 3 heteroatoms. The summed E-state index contributed by atoms with van der Waals surface area (Å²) in [7, 11) is 0. The number of fused-ring (bicyclic) bond motifs is 1. The highest BCUT2D eigenvalue weighted by atomic mass is 16.5. The van der Waals surface area contributed by atoms with Crippen LogP contribution in [0.2, 0.25) is 0 Å². The fourth-order valence-corrected chi connectivity index (χ4v) is 2.89. The standard InChI is InChI=1S/C17H27NO2/c1-13(2)18-10-9-17(3,19)12-14-8-11-20-16-7-5-4-6-15(14)16/h4-7,13-14,18-19H,8-12H2,1-3H3. The van der Waals surface area contributed by atoms with E-state index in [1.54, 1.807) is 0 Å². The van der Waals surface area contributed by atoms with Crippen molar-refractivity contribution >= 4 is 0 Å². The Kier molecular flexibility index (Phi) is 5.06. The number of para-hydroxylation sites is 1. The third-order valence-electron chi connectivity index (χ3n) is 3.99. The van der Waals surface area contributed by atoms with Crippen molar-refractivity contribution in [3.8, 4) is 5.75 Å². The van der Waals surface area contributed by atoms with Gasteiger partial charge in [0.2, 0.25) is 0 Å². The van der Waals surface area contributed by atoms with Gasteiger partial charge in [0.25, 0.3) is 0 Å². The van der Waals surface area contributed by atoms with Gasteiger partial charge >= 0.3 is 0 Å². The Morgan fingerprint density at radius 1 is 1.40 bits per heavy atom. The average molecular weight is 277 g/mol. The largest absolute Gasteiger partial charge is 0.493 e. The second-order valence-corrected chi connectivity index (χ2v) is 6.43. The van der Waals surface area contributed by atoms with Crippen LogP contribution in [0.15, 0.2) is 24.3 Å². The van der Waals surface area contributed by atoms with Crippen LogP contribution in [0, 0.1) is 0 Å². The molecule has 0 saturated heterocycles. The second-order valence-electron chi connectivity index (χ2n) is 6.43. The van der Waals surface area contributed by atoms with Crippen LogP contribution in [0.1, 0.15) is 51.5 Å². The number of nitrogens with one attached hydrogen (secondary N) is 1. The van der Waals surface area contributed by atoms with Gasteiger partial charge in [0.05, 0.1) is 12.2 Å². The number of hydrogen-bond donors (Lipinski definition) is 2. The maximum absolute atomic E-state index is 10.6. The van der Waals surface area contributed by atoms with Crippen LogP contribution in [0.3, 0.4) is 0 Å². The minimum Gasteiger partial charge on any atom is -0.493 e. The minimum atomic E-state index is -0.628. The van der Waals surface area contributed by atoms with Gasteiger partial charge in [-0.3, -0.25) is 0 Å². The van der Waals surface area contributed by atoms with Gasteiger partial charge < -0.3 is 15.2 Å². The van der Waals surface area contributed by atoms with Crippen molar-refractivity contribution in [3.05, 3.63) is 29.8 Å². The fourth-order valence-electron chi connectivity index (χ4n) is 2.89. The third-order valence-corrected chi connectivity index (χ3v) is 3.99. The Morgan fingerprint density at radius 2 is 2.15 bits per heavy atom. The van der Waals surface area contributed by atoms with Gasteiger partial charge in [0, 0.05) is 6.04 Å². The summed E-state index contributed by atoms with van der Waals surface area (Å²) < 4.78 is 5.69. The molecule has 0 bridgehead atoms. The smallest absolute Gasteiger partial charge is 0.122 e. The van der Waals surface area contributed by atoms with Crippen molar-refractivity contribution < 1.29 is 9.84 Å². The van der Waals surface area contributed by atoms with Gasteiger partial charge in [0.15, 0.2) is 0 Å². The van der Waals surface area contributed by atoms with Gasteiger partial charge in [-0.05, 0) is 50.3 Å². The Morgan fingerprint density at radius 3 is 2.90 bits per heavy atom. The second kappa shape index (κ2) is 6.59. The molecule has 1 aromatic carbocycles. The molecular weight excluding hydrogens is 250 g/mol. The van der Waals surface area contributed by atoms with Crippen LogP contribution in [0.4, 0.5) is 0 Å². The van der Waals surface area contributed by atoms with Crippen molar-refractivity contribution in [2.45, 2.75) is 57.6 Å². The van der Waals surface area contributed by atoms with E-state index in [1.807, 2.05) is 19.1 Å². The molecule has 0 aromatic heterocycles. The Balaban J connectivity index is 1.96. The van der Waals surface area contributed by atoms with Gasteiger partial charge in [0.1, 0.15) is 5.75 Å². The van der Waals surface area contributed by atoms with E-state index in [-0.39, 0.29) is 0 Å². The molecule has 0 spiro atoms. The molecule has 1 aromatic rings. The Bertz CT molecular complexity index is 429. The summed E-state index contributed by atoms with van der Waals surface area (Å²) in [5.74, 6) is 1.38. The monoisotopic (exact) mass is 277 g/mol. The zero-order chi connectivity index (χ0) is 14.6. The number of aliphatic hydroxyl groups is 1. The van der Waals surface area contributed by atoms with Crippen LogP contribution < -0.4 is 10.1 Å². The third kappa shape index (κ3) is 4.22. The van der Waals surface area contributed by atoms with Crippen LogP contribution in [-0.4, -0.2) is 29.9 Å². The summed E-state index contributed by atoms with van der Waals surface area (Å²) in [6.07, 6.45) is 2.57. The van der Waals surface area contributed by atoms with E-state index in [4.69, 9.17) is 4.74 Å². The molecule has 1 heterocycles. The van der Waals surface area contributed by atoms with Crippen LogP contribution in [-0.2, 0) is 0 Å². The normalized spacial score (nSPS) is 21.1. The van der Waals surface area contributed by atoms with Gasteiger partial charge in [-0.1, -0.05) is 32.0 Å². The summed E-state index contributed by atoms with van der Waals surface area (Å²) in [6, 6.07) is 8.68. The summed E-state index contributed by atoms with van der Waals surface area (Å²) >= 11 is 0. The molecule has 2 unspecified atom stereocenters. The first-order valence-electron chi connectivity index (χ1n) is 7.65. The molecule has 2 rings (SSSR count). The molecule has 0 saturated carbocycles. The van der Waals surface area contributed by atoms with Crippen molar-refractivity contribution in [1.29, 1.82) is 0 Å². The predicted octanol–water partition coefficient (Wildman–Crippen LogP) is 3.08. The van der Waals surface area contributed by atoms with Gasteiger partial charge in [-0.25, -0.2) is 0 Å². The van der Waals surface area contributed by atoms with E-state index in [9.17, 15) is 5.11 Å². The highest BCUT2D eigenvalue weighted by Gasteiger charge is 2.29. The average Bonchev–Trinajstić information content (AvgIpc) is 2.38. The molecule has 2 atom stereocenters. The molecule has 0 radical (unpaired) electrons. The zero-order valence-electron chi connectivity index (χ0n) is 12.9. The number of ether oxygens (including phenoxy) is 1. The highest BCUT2D eigenvalue weighted by molar-refractivity contribution is 5.37. The zero-order valence-corrected chi connectivity index (χ0v) is 12.9. The molecule has 1 aliphatic rings. The molecule has 2 N–H and O–H groups in total. The molecule has 20 heavy (non-hydrogen) atoms. The summed E-state index contributed by atoms with van der Waals surface area (Å²) in [4.78, 5) is 0. The lowest BCUT2D eigenvalue weighted by Crippen LogP contribution is -2.34. The van der Waals surface area contributed by atoms with Crippen LogP contribution in [0.25, 0.3) is 0 Å². The SMILES string of the molecule is CC(C)NCCC(C)(O)CC1CCOc2ccccc21. The quantitative estimate of drug-likeness (QED) is 0.839. The van der Waals surface area contributed by atoms with E-state index in [0.29, 0.717) is 12.0 Å². The first-order valence-corrected chi connectivity index (χ1v) is 7.65. The number of hydrogen-bond acceptors (Lipinski definition) is 3. The molecule has 1 aliphatic heterocycles. The number of benzene rings is 1. The Hall–Kier alpha value is -1.06. The molecule has 112 valence electrons. The van der Waals surface area contributed by atoms with E-state index in [1.165, 1.54) is 5.56 Å². The van der Waals surface area contributed by atoms with E-state index < -0.39 is 5.60 Å². The molecule has 0 aliphatic carbocycles. The van der Waals surface area contributed by atoms with E-state index >= 15 is 0 Å². The summed E-state index contributed by atoms with van der Waals surface area (Å²) in [6.45, 7) is 7.82. The van der Waals surface area contributed by atoms with E-state index in [2.05, 4.69) is 31.3 Å². The van der Waals surface area contributed by atoms with Crippen LogP contribution in [0.5, 0.6) is 5.75 Å². The van der Waals surface area contributed by atoms with Crippen molar-refractivity contribution in [2.24, 2.45) is 0 Å². The first kappa shape index (κ1) is 15.3. The van der Waals surface area contributed by atoms with Gasteiger partial charge in [-0.15, -0.1) is 0 Å². The highest BCUT2D eigenvalue weighted by Crippen LogP contribution is 2.38. The molecule has 3 nitrogen and oxygen atoms in total. The predicted molar refractivity (Wildman–Crippen MR) is 82.3 cm³/mol. The number of rotatable bonds is 6. The first-order chi connectivity index (χ1) is 9.48. The van der Waals surface area contributed by atoms with Crippen LogP contribution >= 0.6 is 0 Å². The lowest BCUT2D eigenvalue weighted by atomic mass is 9.82. The van der Waals surface area contributed by atoms with Crippen molar-refractivity contribution in [1.82, 2.24) is 5.32 Å². The van der Waals surface area contributed by atoms with Crippen molar-refractivity contribution in [2.75, 3.05) is 13.2 Å². The lowest BCUT2D eigenvalue weighted by molar-refractivity contribution is 0.0304. The molecule has 0 amide bonds. The summed E-state index contributed by atoms with van der Waals surface area (Å²) in [5.41, 5.74) is 0.618. The maximum Gasteiger partial charge on any atom is 0.122 e. The molecular formula is C17H27NO2.